The molecular weight excluding hydrogens is 348 g/mol. The Morgan fingerprint density at radius 3 is 2.73 bits per heavy atom. The number of nitrogens with one attached hydrogen (secondary N) is 2. The van der Waals surface area contributed by atoms with E-state index >= 15 is 0 Å². The normalized spacial score (nSPS) is 21.5. The number of hydrogen-bond donors (Lipinski definition) is 2. The summed E-state index contributed by atoms with van der Waals surface area (Å²) < 4.78 is 0. The third kappa shape index (κ3) is 4.22. The molecule has 1 atom stereocenters. The van der Waals surface area contributed by atoms with E-state index in [1.807, 2.05) is 4.90 Å². The Labute approximate surface area is 161 Å². The first kappa shape index (κ1) is 19.2. The van der Waals surface area contributed by atoms with Crippen molar-refractivity contribution in [2.75, 3.05) is 39.3 Å². The lowest BCUT2D eigenvalue weighted by Crippen LogP contribution is -2.47. The van der Waals surface area contributed by atoms with Gasteiger partial charge in [0.2, 0.25) is 5.91 Å². The molecule has 26 heavy (non-hydrogen) atoms. The first-order valence-corrected chi connectivity index (χ1v) is 9.61. The zero-order chi connectivity index (χ0) is 17.1. The number of carbonyl (C=O) groups excluding carboxylic acids is 1. The number of aromatic amines is 1. The van der Waals surface area contributed by atoms with Crippen LogP contribution in [0.4, 0.5) is 0 Å². The summed E-state index contributed by atoms with van der Waals surface area (Å²) in [7, 11) is 0. The molecule has 0 saturated carbocycles. The highest BCUT2D eigenvalue weighted by atomic mass is 35.5. The lowest BCUT2D eigenvalue weighted by atomic mass is 9.99. The van der Waals surface area contributed by atoms with E-state index in [1.54, 1.807) is 0 Å². The molecule has 1 unspecified atom stereocenters. The number of aromatic nitrogens is 1. The van der Waals surface area contributed by atoms with Crippen LogP contribution in [0.2, 0.25) is 0 Å². The first-order chi connectivity index (χ1) is 12.3. The monoisotopic (exact) mass is 376 g/mol. The number of piperazine rings is 1. The standard InChI is InChI=1S/C20H28N4O.ClH/c25-20(24-13-9-21-10-14-24)8-12-23-11-4-3-7-19(23)18-15-16-5-1-2-6-17(16)22-18;/h1-2,5-6,15,19,21-22H,3-4,7-14H2;1H. The zero-order valence-electron chi connectivity index (χ0n) is 15.2. The maximum atomic E-state index is 12.5. The number of hydrogen-bond acceptors (Lipinski definition) is 3. The maximum absolute atomic E-state index is 12.5. The van der Waals surface area contributed by atoms with E-state index in [-0.39, 0.29) is 12.4 Å². The fraction of sp³-hybridized carbons (Fsp3) is 0.550. The van der Waals surface area contributed by atoms with Crippen LogP contribution >= 0.6 is 12.4 Å². The maximum Gasteiger partial charge on any atom is 0.223 e. The minimum absolute atomic E-state index is 0. The van der Waals surface area contributed by atoms with Gasteiger partial charge in [-0.25, -0.2) is 0 Å². The van der Waals surface area contributed by atoms with Gasteiger partial charge in [0.1, 0.15) is 0 Å². The summed E-state index contributed by atoms with van der Waals surface area (Å²) in [6.45, 7) is 5.51. The van der Waals surface area contributed by atoms with Crippen molar-refractivity contribution in [3.63, 3.8) is 0 Å². The number of rotatable bonds is 4. The Bertz CT molecular complexity index is 692. The van der Waals surface area contributed by atoms with Crippen molar-refractivity contribution < 1.29 is 4.79 Å². The number of para-hydroxylation sites is 1. The quantitative estimate of drug-likeness (QED) is 0.862. The van der Waals surface area contributed by atoms with Crippen LogP contribution in [0.1, 0.15) is 37.4 Å². The van der Waals surface area contributed by atoms with E-state index < -0.39 is 0 Å². The van der Waals surface area contributed by atoms with Gasteiger partial charge in [0.15, 0.2) is 0 Å². The van der Waals surface area contributed by atoms with Gasteiger partial charge in [-0.2, -0.15) is 0 Å². The first-order valence-electron chi connectivity index (χ1n) is 9.61. The van der Waals surface area contributed by atoms with Gasteiger partial charge < -0.3 is 15.2 Å². The second-order valence-corrected chi connectivity index (χ2v) is 7.24. The molecule has 142 valence electrons. The van der Waals surface area contributed by atoms with Gasteiger partial charge in [-0.15, -0.1) is 12.4 Å². The molecule has 1 amide bonds. The minimum atomic E-state index is 0. The van der Waals surface area contributed by atoms with E-state index in [1.165, 1.54) is 35.9 Å². The lowest BCUT2D eigenvalue weighted by molar-refractivity contribution is -0.132. The van der Waals surface area contributed by atoms with Gasteiger partial charge in [0.05, 0.1) is 0 Å². The van der Waals surface area contributed by atoms with Crippen LogP contribution < -0.4 is 5.32 Å². The van der Waals surface area contributed by atoms with Crippen LogP contribution in [0.5, 0.6) is 0 Å². The molecule has 2 aliphatic heterocycles. The lowest BCUT2D eigenvalue weighted by Gasteiger charge is -2.36. The Balaban J connectivity index is 0.00000196. The molecule has 0 radical (unpaired) electrons. The molecule has 2 saturated heterocycles. The molecular formula is C20H29ClN4O. The van der Waals surface area contributed by atoms with Crippen molar-refractivity contribution in [2.45, 2.75) is 31.7 Å². The van der Waals surface area contributed by atoms with Crippen LogP contribution in [0.3, 0.4) is 0 Å². The zero-order valence-corrected chi connectivity index (χ0v) is 16.1. The second-order valence-electron chi connectivity index (χ2n) is 7.24. The predicted octanol–water partition coefficient (Wildman–Crippen LogP) is 2.94. The summed E-state index contributed by atoms with van der Waals surface area (Å²) in [6, 6.07) is 11.2. The number of halogens is 1. The fourth-order valence-corrected chi connectivity index (χ4v) is 4.20. The summed E-state index contributed by atoms with van der Waals surface area (Å²) in [5.41, 5.74) is 2.51. The van der Waals surface area contributed by atoms with Crippen molar-refractivity contribution in [3.8, 4) is 0 Å². The van der Waals surface area contributed by atoms with Crippen molar-refractivity contribution >= 4 is 29.2 Å². The molecule has 3 heterocycles. The molecule has 0 aliphatic carbocycles. The van der Waals surface area contributed by atoms with Gasteiger partial charge >= 0.3 is 0 Å². The van der Waals surface area contributed by atoms with E-state index in [2.05, 4.69) is 45.5 Å². The van der Waals surface area contributed by atoms with Crippen LogP contribution in [-0.4, -0.2) is 60.0 Å². The smallest absolute Gasteiger partial charge is 0.223 e. The fourth-order valence-electron chi connectivity index (χ4n) is 4.20. The van der Waals surface area contributed by atoms with Crippen molar-refractivity contribution in [2.24, 2.45) is 0 Å². The molecule has 0 bridgehead atoms. The van der Waals surface area contributed by atoms with Gasteiger partial charge in [0.25, 0.3) is 0 Å². The van der Waals surface area contributed by atoms with E-state index in [9.17, 15) is 4.79 Å². The Kier molecular flexibility index (Phi) is 6.57. The van der Waals surface area contributed by atoms with Gasteiger partial charge in [-0.05, 0) is 36.9 Å². The number of H-pyrrole nitrogens is 1. The van der Waals surface area contributed by atoms with Crippen LogP contribution in [-0.2, 0) is 4.79 Å². The highest BCUT2D eigenvalue weighted by molar-refractivity contribution is 5.85. The van der Waals surface area contributed by atoms with Gasteiger partial charge in [-0.1, -0.05) is 24.6 Å². The van der Waals surface area contributed by atoms with Gasteiger partial charge in [-0.3, -0.25) is 9.69 Å². The van der Waals surface area contributed by atoms with Crippen LogP contribution in [0.25, 0.3) is 10.9 Å². The number of nitrogens with zero attached hydrogens (tertiary/aromatic N) is 2. The summed E-state index contributed by atoms with van der Waals surface area (Å²) in [5, 5.41) is 4.59. The molecule has 6 heteroatoms. The minimum Gasteiger partial charge on any atom is -0.357 e. The van der Waals surface area contributed by atoms with E-state index in [0.29, 0.717) is 18.4 Å². The topological polar surface area (TPSA) is 51.4 Å². The third-order valence-electron chi connectivity index (χ3n) is 5.61. The molecule has 0 spiro atoms. The number of carbonyl (C=O) groups is 1. The SMILES string of the molecule is Cl.O=C(CCN1CCCCC1c1cc2ccccc2[nH]1)N1CCNCC1. The summed E-state index contributed by atoms with van der Waals surface area (Å²) in [6.07, 6.45) is 4.31. The number of likely N-dealkylation sites (tertiary alicyclic amines) is 1. The number of piperidine rings is 1. The largest absolute Gasteiger partial charge is 0.357 e. The van der Waals surface area contributed by atoms with E-state index in [4.69, 9.17) is 0 Å². The summed E-state index contributed by atoms with van der Waals surface area (Å²) >= 11 is 0. The van der Waals surface area contributed by atoms with Crippen molar-refractivity contribution in [1.82, 2.24) is 20.1 Å². The molecule has 5 nitrogen and oxygen atoms in total. The molecule has 2 aromatic rings. The number of amides is 1. The Morgan fingerprint density at radius 2 is 1.92 bits per heavy atom. The van der Waals surface area contributed by atoms with Crippen molar-refractivity contribution in [3.05, 3.63) is 36.0 Å². The molecule has 2 fully saturated rings. The van der Waals surface area contributed by atoms with Crippen LogP contribution in [0.15, 0.2) is 30.3 Å². The molecule has 2 N–H and O–H groups in total. The third-order valence-corrected chi connectivity index (χ3v) is 5.61. The highest BCUT2D eigenvalue weighted by Crippen LogP contribution is 2.32. The predicted molar refractivity (Wildman–Crippen MR) is 108 cm³/mol. The van der Waals surface area contributed by atoms with Crippen molar-refractivity contribution in [1.29, 1.82) is 0 Å². The summed E-state index contributed by atoms with van der Waals surface area (Å²) in [5.74, 6) is 0.308. The summed E-state index contributed by atoms with van der Waals surface area (Å²) in [4.78, 5) is 20.6. The highest BCUT2D eigenvalue weighted by Gasteiger charge is 2.26. The molecule has 4 rings (SSSR count). The number of fused-ring (bicyclic) bond motifs is 1. The molecule has 1 aromatic carbocycles. The Morgan fingerprint density at radius 1 is 1.12 bits per heavy atom. The molecule has 2 aliphatic rings. The molecule has 1 aromatic heterocycles. The second kappa shape index (κ2) is 8.89. The number of benzene rings is 1. The Hall–Kier alpha value is -1.56. The van der Waals surface area contributed by atoms with E-state index in [0.717, 1.165) is 39.3 Å². The van der Waals surface area contributed by atoms with Crippen LogP contribution in [0, 0.1) is 0 Å². The average molecular weight is 377 g/mol. The average Bonchev–Trinajstić information content (AvgIpc) is 3.11. The van der Waals surface area contributed by atoms with Gasteiger partial charge in [0, 0.05) is 56.4 Å².